The molecular weight excluding hydrogens is 358 g/mol. The van der Waals surface area contributed by atoms with Crippen LogP contribution in [0, 0.1) is 0 Å². The third-order valence-corrected chi connectivity index (χ3v) is 4.87. The predicted molar refractivity (Wildman–Crippen MR) is 99.4 cm³/mol. The highest BCUT2D eigenvalue weighted by atomic mass is 35.5. The van der Waals surface area contributed by atoms with E-state index in [4.69, 9.17) is 11.6 Å². The summed E-state index contributed by atoms with van der Waals surface area (Å²) in [7, 11) is 0. The van der Waals surface area contributed by atoms with Crippen molar-refractivity contribution in [1.82, 2.24) is 15.8 Å². The number of amides is 2. The van der Waals surface area contributed by atoms with Gasteiger partial charge in [-0.1, -0.05) is 35.9 Å². The van der Waals surface area contributed by atoms with Gasteiger partial charge in [0, 0.05) is 17.9 Å². The summed E-state index contributed by atoms with van der Waals surface area (Å²) in [5.74, 6) is -0.528. The van der Waals surface area contributed by atoms with Crippen molar-refractivity contribution in [2.24, 2.45) is 0 Å². The number of thiazole rings is 1. The van der Waals surface area contributed by atoms with Crippen LogP contribution in [0.3, 0.4) is 0 Å². The highest BCUT2D eigenvalue weighted by Crippen LogP contribution is 2.22. The molecule has 0 aliphatic carbocycles. The lowest BCUT2D eigenvalue weighted by Gasteiger charge is -2.07. The van der Waals surface area contributed by atoms with Gasteiger partial charge in [-0.3, -0.25) is 20.4 Å². The van der Waals surface area contributed by atoms with Gasteiger partial charge < -0.3 is 0 Å². The lowest BCUT2D eigenvalue weighted by atomic mass is 10.1. The molecule has 2 aromatic carbocycles. The highest BCUT2D eigenvalue weighted by molar-refractivity contribution is 7.18. The Morgan fingerprint density at radius 3 is 2.48 bits per heavy atom. The van der Waals surface area contributed by atoms with Gasteiger partial charge in [-0.15, -0.1) is 11.3 Å². The molecule has 3 rings (SSSR count). The van der Waals surface area contributed by atoms with E-state index in [-0.39, 0.29) is 24.7 Å². The zero-order valence-corrected chi connectivity index (χ0v) is 14.9. The number of nitrogens with zero attached hydrogens (tertiary/aromatic N) is 1. The average Bonchev–Trinajstić information content (AvgIpc) is 3.03. The number of hydrazine groups is 1. The number of aryl methyl sites for hydroxylation is 1. The van der Waals surface area contributed by atoms with Crippen molar-refractivity contribution in [1.29, 1.82) is 0 Å². The Labute approximate surface area is 154 Å². The molecule has 0 saturated carbocycles. The number of hydrogen-bond donors (Lipinski definition) is 2. The second-order valence-corrected chi connectivity index (χ2v) is 7.03. The number of nitrogens with one attached hydrogen (secondary N) is 2. The predicted octanol–water partition coefficient (Wildman–Crippen LogP) is 3.27. The Morgan fingerprint density at radius 2 is 1.72 bits per heavy atom. The number of carbonyl (C=O) groups excluding carboxylic acids is 2. The first-order valence-electron chi connectivity index (χ1n) is 7.77. The van der Waals surface area contributed by atoms with Gasteiger partial charge in [-0.25, -0.2) is 4.98 Å². The van der Waals surface area contributed by atoms with Crippen LogP contribution >= 0.6 is 22.9 Å². The first-order valence-corrected chi connectivity index (χ1v) is 8.96. The maximum absolute atomic E-state index is 11.9. The van der Waals surface area contributed by atoms with E-state index in [2.05, 4.69) is 15.8 Å². The van der Waals surface area contributed by atoms with Crippen molar-refractivity contribution in [3.8, 4) is 0 Å². The molecule has 1 aromatic heterocycles. The molecular formula is C18H16ClN3O2S. The van der Waals surface area contributed by atoms with Crippen molar-refractivity contribution >= 4 is 45.0 Å². The van der Waals surface area contributed by atoms with E-state index in [9.17, 15) is 9.59 Å². The summed E-state index contributed by atoms with van der Waals surface area (Å²) in [4.78, 5) is 28.2. The van der Waals surface area contributed by atoms with Crippen molar-refractivity contribution < 1.29 is 9.59 Å². The fourth-order valence-electron chi connectivity index (χ4n) is 2.28. The van der Waals surface area contributed by atoms with Gasteiger partial charge in [0.25, 0.3) is 0 Å². The first kappa shape index (κ1) is 17.4. The van der Waals surface area contributed by atoms with Crippen molar-refractivity contribution in [3.05, 3.63) is 64.1 Å². The minimum Gasteiger partial charge on any atom is -0.273 e. The number of para-hydroxylation sites is 1. The van der Waals surface area contributed by atoms with Gasteiger partial charge in [0.1, 0.15) is 0 Å². The third-order valence-electron chi connectivity index (χ3n) is 3.52. The summed E-state index contributed by atoms with van der Waals surface area (Å²) in [6.07, 6.45) is 0.981. The maximum Gasteiger partial charge on any atom is 0.242 e. The Bertz CT molecular complexity index is 860. The molecule has 0 unspecified atom stereocenters. The molecule has 5 nitrogen and oxygen atoms in total. The topological polar surface area (TPSA) is 71.1 Å². The van der Waals surface area contributed by atoms with Crippen LogP contribution in [0.15, 0.2) is 48.5 Å². The van der Waals surface area contributed by atoms with E-state index < -0.39 is 0 Å². The molecule has 0 aliphatic rings. The number of carbonyl (C=O) groups is 2. The molecule has 3 aromatic rings. The summed E-state index contributed by atoms with van der Waals surface area (Å²) in [5.41, 5.74) is 6.62. The van der Waals surface area contributed by atoms with Gasteiger partial charge in [0.05, 0.1) is 21.6 Å². The van der Waals surface area contributed by atoms with Crippen LogP contribution in [0.1, 0.15) is 17.0 Å². The smallest absolute Gasteiger partial charge is 0.242 e. The van der Waals surface area contributed by atoms with E-state index in [1.54, 1.807) is 35.6 Å². The number of benzene rings is 2. The Kier molecular flexibility index (Phi) is 5.63. The lowest BCUT2D eigenvalue weighted by Crippen LogP contribution is -2.42. The number of fused-ring (bicyclic) bond motifs is 1. The van der Waals surface area contributed by atoms with Crippen LogP contribution < -0.4 is 10.9 Å². The zero-order chi connectivity index (χ0) is 17.6. The van der Waals surface area contributed by atoms with Crippen LogP contribution in [0.4, 0.5) is 0 Å². The molecule has 0 bridgehead atoms. The normalized spacial score (nSPS) is 10.6. The number of aromatic nitrogens is 1. The largest absolute Gasteiger partial charge is 0.273 e. The zero-order valence-electron chi connectivity index (χ0n) is 13.3. The maximum atomic E-state index is 11.9. The molecule has 0 spiro atoms. The summed E-state index contributed by atoms with van der Waals surface area (Å²) in [6, 6.07) is 14.9. The minimum absolute atomic E-state index is 0.176. The summed E-state index contributed by atoms with van der Waals surface area (Å²) < 4.78 is 1.11. The van der Waals surface area contributed by atoms with Crippen LogP contribution in [-0.4, -0.2) is 16.8 Å². The fourth-order valence-corrected chi connectivity index (χ4v) is 3.37. The monoisotopic (exact) mass is 373 g/mol. The molecule has 0 saturated heterocycles. The molecule has 0 atom stereocenters. The molecule has 0 fully saturated rings. The number of halogens is 1. The van der Waals surface area contributed by atoms with Crippen molar-refractivity contribution in [2.45, 2.75) is 19.3 Å². The number of rotatable bonds is 5. The molecule has 1 heterocycles. The minimum atomic E-state index is -0.282. The fraction of sp³-hybridized carbons (Fsp3) is 0.167. The van der Waals surface area contributed by atoms with Crippen molar-refractivity contribution in [3.63, 3.8) is 0 Å². The average molecular weight is 374 g/mol. The van der Waals surface area contributed by atoms with Gasteiger partial charge >= 0.3 is 0 Å². The summed E-state index contributed by atoms with van der Waals surface area (Å²) >= 11 is 7.38. The molecule has 7 heteroatoms. The van der Waals surface area contributed by atoms with Crippen molar-refractivity contribution in [2.75, 3.05) is 0 Å². The van der Waals surface area contributed by atoms with Crippen LogP contribution in [-0.2, 0) is 22.4 Å². The summed E-state index contributed by atoms with van der Waals surface area (Å²) in [5, 5.41) is 1.52. The lowest BCUT2D eigenvalue weighted by molar-refractivity contribution is -0.128. The third kappa shape index (κ3) is 5.01. The highest BCUT2D eigenvalue weighted by Gasteiger charge is 2.08. The van der Waals surface area contributed by atoms with E-state index >= 15 is 0 Å². The SMILES string of the molecule is O=C(CCc1nc2ccccc2s1)NNC(=O)Cc1ccc(Cl)cc1. The van der Waals surface area contributed by atoms with E-state index in [1.165, 1.54) is 0 Å². The van der Waals surface area contributed by atoms with Gasteiger partial charge in [0.15, 0.2) is 0 Å². The Balaban J connectivity index is 1.43. The first-order chi connectivity index (χ1) is 12.1. The molecule has 128 valence electrons. The molecule has 0 radical (unpaired) electrons. The van der Waals surface area contributed by atoms with Crippen LogP contribution in [0.2, 0.25) is 5.02 Å². The number of hydrogen-bond acceptors (Lipinski definition) is 4. The van der Waals surface area contributed by atoms with Gasteiger partial charge in [0.2, 0.25) is 11.8 Å². The second-order valence-electron chi connectivity index (χ2n) is 5.47. The molecule has 2 amide bonds. The molecule has 0 aliphatic heterocycles. The summed E-state index contributed by atoms with van der Waals surface area (Å²) in [6.45, 7) is 0. The standard InChI is InChI=1S/C18H16ClN3O2S/c19-13-7-5-12(6-8-13)11-17(24)22-21-16(23)9-10-18-20-14-3-1-2-4-15(14)25-18/h1-8H,9-11H2,(H,21,23)(H,22,24). The van der Waals surface area contributed by atoms with Crippen LogP contribution in [0.5, 0.6) is 0 Å². The van der Waals surface area contributed by atoms with Gasteiger partial charge in [-0.2, -0.15) is 0 Å². The Hall–Kier alpha value is -2.44. The Morgan fingerprint density at radius 1 is 1.00 bits per heavy atom. The second kappa shape index (κ2) is 8.09. The van der Waals surface area contributed by atoms with E-state index in [1.807, 2.05) is 24.3 Å². The van der Waals surface area contributed by atoms with Crippen LogP contribution in [0.25, 0.3) is 10.2 Å². The molecule has 2 N–H and O–H groups in total. The van der Waals surface area contributed by atoms with E-state index in [0.29, 0.717) is 11.4 Å². The van der Waals surface area contributed by atoms with Gasteiger partial charge in [-0.05, 0) is 29.8 Å². The molecule has 25 heavy (non-hydrogen) atoms. The quantitative estimate of drug-likeness (QED) is 0.674. The van der Waals surface area contributed by atoms with E-state index in [0.717, 1.165) is 20.8 Å².